The topological polar surface area (TPSA) is 24.9 Å². The second-order valence-electron chi connectivity index (χ2n) is 5.22. The molecule has 1 fully saturated rings. The Bertz CT molecular complexity index is 535. The maximum Gasteiger partial charge on any atom is 0.0702 e. The predicted molar refractivity (Wildman–Crippen MR) is 75.8 cm³/mol. The molecule has 2 heteroatoms. The molecule has 1 aromatic carbocycles. The van der Waals surface area contributed by atoms with Crippen molar-refractivity contribution in [1.82, 2.24) is 10.3 Å². The highest BCUT2D eigenvalue weighted by Crippen LogP contribution is 2.33. The first-order chi connectivity index (χ1) is 8.88. The minimum absolute atomic E-state index is 0.709. The highest BCUT2D eigenvalue weighted by Gasteiger charge is 2.24. The Kier molecular flexibility index (Phi) is 3.28. The van der Waals surface area contributed by atoms with Gasteiger partial charge in [-0.1, -0.05) is 25.5 Å². The van der Waals surface area contributed by atoms with Gasteiger partial charge in [0.05, 0.1) is 5.52 Å². The van der Waals surface area contributed by atoms with E-state index in [1.165, 1.54) is 23.8 Å². The largest absolute Gasteiger partial charge is 0.316 e. The summed E-state index contributed by atoms with van der Waals surface area (Å²) in [6.45, 7) is 4.60. The van der Waals surface area contributed by atoms with E-state index in [4.69, 9.17) is 0 Å². The molecule has 0 spiro atoms. The number of fused-ring (bicyclic) bond motifs is 1. The van der Waals surface area contributed by atoms with Gasteiger partial charge in [0.25, 0.3) is 0 Å². The van der Waals surface area contributed by atoms with Crippen LogP contribution in [0.2, 0.25) is 0 Å². The molecule has 0 saturated carbocycles. The van der Waals surface area contributed by atoms with Crippen molar-refractivity contribution < 1.29 is 0 Å². The number of rotatable bonds is 2. The maximum atomic E-state index is 4.39. The van der Waals surface area contributed by atoms with Gasteiger partial charge in [-0.05, 0) is 55.1 Å². The van der Waals surface area contributed by atoms with Gasteiger partial charge in [0.2, 0.25) is 0 Å². The van der Waals surface area contributed by atoms with Crippen molar-refractivity contribution in [2.75, 3.05) is 13.1 Å². The van der Waals surface area contributed by atoms with Gasteiger partial charge >= 0.3 is 0 Å². The smallest absolute Gasteiger partial charge is 0.0702 e. The van der Waals surface area contributed by atoms with Crippen LogP contribution in [0.1, 0.15) is 31.2 Å². The lowest BCUT2D eigenvalue weighted by Gasteiger charge is -2.32. The summed E-state index contributed by atoms with van der Waals surface area (Å²) in [5.41, 5.74) is 2.59. The molecule has 0 bridgehead atoms. The first-order valence-corrected chi connectivity index (χ1v) is 6.94. The summed E-state index contributed by atoms with van der Waals surface area (Å²) in [7, 11) is 0. The summed E-state index contributed by atoms with van der Waals surface area (Å²) < 4.78 is 0. The number of hydrogen-bond acceptors (Lipinski definition) is 2. The molecule has 2 aromatic rings. The zero-order valence-corrected chi connectivity index (χ0v) is 10.9. The normalized spacial score (nSPS) is 24.3. The summed E-state index contributed by atoms with van der Waals surface area (Å²) >= 11 is 0. The van der Waals surface area contributed by atoms with Crippen molar-refractivity contribution in [3.8, 4) is 0 Å². The zero-order valence-electron chi connectivity index (χ0n) is 10.9. The van der Waals surface area contributed by atoms with E-state index in [2.05, 4.69) is 41.5 Å². The number of benzene rings is 1. The van der Waals surface area contributed by atoms with Gasteiger partial charge in [0.15, 0.2) is 0 Å². The van der Waals surface area contributed by atoms with Crippen LogP contribution in [-0.4, -0.2) is 18.1 Å². The quantitative estimate of drug-likeness (QED) is 0.871. The van der Waals surface area contributed by atoms with Crippen LogP contribution < -0.4 is 5.32 Å². The molecule has 3 rings (SSSR count). The molecule has 0 amide bonds. The van der Waals surface area contributed by atoms with Gasteiger partial charge in [0.1, 0.15) is 0 Å². The van der Waals surface area contributed by atoms with Crippen LogP contribution in [0.5, 0.6) is 0 Å². The number of hydrogen-bond donors (Lipinski definition) is 1. The molecular weight excluding hydrogens is 220 g/mol. The van der Waals surface area contributed by atoms with E-state index in [-0.39, 0.29) is 0 Å². The third-order valence-electron chi connectivity index (χ3n) is 4.19. The molecule has 0 radical (unpaired) electrons. The van der Waals surface area contributed by atoms with Gasteiger partial charge in [-0.15, -0.1) is 0 Å². The van der Waals surface area contributed by atoms with E-state index in [0.29, 0.717) is 5.92 Å². The van der Waals surface area contributed by atoms with Crippen LogP contribution >= 0.6 is 0 Å². The Morgan fingerprint density at radius 2 is 2.28 bits per heavy atom. The fourth-order valence-electron chi connectivity index (χ4n) is 3.12. The molecule has 1 N–H and O–H groups in total. The molecule has 1 saturated heterocycles. The summed E-state index contributed by atoms with van der Waals surface area (Å²) in [5, 5.41) is 4.78. The van der Waals surface area contributed by atoms with Gasteiger partial charge < -0.3 is 5.32 Å². The van der Waals surface area contributed by atoms with Crippen molar-refractivity contribution in [3.05, 3.63) is 42.1 Å². The first-order valence-electron chi connectivity index (χ1n) is 6.94. The molecule has 2 unspecified atom stereocenters. The number of piperidine rings is 1. The lowest BCUT2D eigenvalue weighted by molar-refractivity contribution is 0.318. The van der Waals surface area contributed by atoms with Gasteiger partial charge in [0, 0.05) is 11.6 Å². The van der Waals surface area contributed by atoms with Crippen LogP contribution in [0, 0.1) is 5.92 Å². The highest BCUT2D eigenvalue weighted by molar-refractivity contribution is 5.79. The van der Waals surface area contributed by atoms with E-state index < -0.39 is 0 Å². The highest BCUT2D eigenvalue weighted by atomic mass is 14.9. The van der Waals surface area contributed by atoms with Gasteiger partial charge in [-0.2, -0.15) is 0 Å². The predicted octanol–water partition coefficient (Wildman–Crippen LogP) is 3.34. The van der Waals surface area contributed by atoms with Gasteiger partial charge in [-0.25, -0.2) is 0 Å². The summed E-state index contributed by atoms with van der Waals surface area (Å²) in [5.74, 6) is 1.48. The molecule has 94 valence electrons. The fraction of sp³-hybridized carbons (Fsp3) is 0.438. The van der Waals surface area contributed by atoms with Crippen LogP contribution in [-0.2, 0) is 0 Å². The second kappa shape index (κ2) is 5.07. The van der Waals surface area contributed by atoms with E-state index in [9.17, 15) is 0 Å². The molecule has 18 heavy (non-hydrogen) atoms. The monoisotopic (exact) mass is 240 g/mol. The van der Waals surface area contributed by atoms with E-state index in [1.54, 1.807) is 0 Å². The second-order valence-corrected chi connectivity index (χ2v) is 5.22. The number of pyridine rings is 1. The lowest BCUT2D eigenvalue weighted by atomic mass is 9.79. The Labute approximate surface area is 108 Å². The molecule has 1 aliphatic heterocycles. The average molecular weight is 240 g/mol. The van der Waals surface area contributed by atoms with Crippen molar-refractivity contribution in [2.45, 2.75) is 25.7 Å². The third kappa shape index (κ3) is 2.13. The van der Waals surface area contributed by atoms with Crippen molar-refractivity contribution >= 4 is 10.9 Å². The molecular formula is C16H20N2. The SMILES string of the molecule is CCC1CNCCC1c1ccc2ncccc2c1. The zero-order chi connectivity index (χ0) is 12.4. The molecule has 1 aliphatic rings. The Morgan fingerprint density at radius 3 is 3.17 bits per heavy atom. The van der Waals surface area contributed by atoms with Crippen LogP contribution in [0.3, 0.4) is 0 Å². The Hall–Kier alpha value is -1.41. The average Bonchev–Trinajstić information content (AvgIpc) is 2.46. The summed E-state index contributed by atoms with van der Waals surface area (Å²) in [6.07, 6.45) is 4.37. The summed E-state index contributed by atoms with van der Waals surface area (Å²) in [6, 6.07) is 11.0. The Balaban J connectivity index is 1.97. The van der Waals surface area contributed by atoms with Crippen molar-refractivity contribution in [1.29, 1.82) is 0 Å². The van der Waals surface area contributed by atoms with Crippen molar-refractivity contribution in [3.63, 3.8) is 0 Å². The third-order valence-corrected chi connectivity index (χ3v) is 4.19. The van der Waals surface area contributed by atoms with E-state index >= 15 is 0 Å². The minimum atomic E-state index is 0.709. The standard InChI is InChI=1S/C16H20N2/c1-2-12-11-17-9-7-15(12)13-5-6-16-14(10-13)4-3-8-18-16/h3-6,8,10,12,15,17H,2,7,9,11H2,1H3. The number of nitrogens with one attached hydrogen (secondary N) is 1. The molecule has 2 heterocycles. The van der Waals surface area contributed by atoms with Crippen LogP contribution in [0.25, 0.3) is 10.9 Å². The van der Waals surface area contributed by atoms with E-state index in [1.807, 2.05) is 12.3 Å². The van der Waals surface area contributed by atoms with E-state index in [0.717, 1.165) is 24.5 Å². The number of nitrogens with zero attached hydrogens (tertiary/aromatic N) is 1. The maximum absolute atomic E-state index is 4.39. The van der Waals surface area contributed by atoms with Crippen LogP contribution in [0.4, 0.5) is 0 Å². The Morgan fingerprint density at radius 1 is 1.33 bits per heavy atom. The fourth-order valence-corrected chi connectivity index (χ4v) is 3.12. The number of aromatic nitrogens is 1. The van der Waals surface area contributed by atoms with Gasteiger partial charge in [-0.3, -0.25) is 4.98 Å². The molecule has 2 atom stereocenters. The first kappa shape index (κ1) is 11.7. The molecule has 2 nitrogen and oxygen atoms in total. The minimum Gasteiger partial charge on any atom is -0.316 e. The lowest BCUT2D eigenvalue weighted by Crippen LogP contribution is -2.35. The molecule has 1 aromatic heterocycles. The van der Waals surface area contributed by atoms with Crippen molar-refractivity contribution in [2.24, 2.45) is 5.92 Å². The summed E-state index contributed by atoms with van der Waals surface area (Å²) in [4.78, 5) is 4.39. The van der Waals surface area contributed by atoms with Crippen LogP contribution in [0.15, 0.2) is 36.5 Å². The molecule has 0 aliphatic carbocycles.